The van der Waals surface area contributed by atoms with E-state index in [1.165, 1.54) is 5.56 Å². The first kappa shape index (κ1) is 8.74. The zero-order valence-corrected chi connectivity index (χ0v) is 7.73. The van der Waals surface area contributed by atoms with Gasteiger partial charge in [-0.2, -0.15) is 0 Å². The molecule has 0 bridgehead atoms. The van der Waals surface area contributed by atoms with E-state index < -0.39 is 5.91 Å². The lowest BCUT2D eigenvalue weighted by molar-refractivity contribution is -0.116. The molecule has 2 rings (SSSR count). The molecule has 2 N–H and O–H groups in total. The molecular formula is C10H11N3O. The molecule has 1 aromatic rings. The molecule has 1 amide bonds. The second kappa shape index (κ2) is 3.14. The largest absolute Gasteiger partial charge is 0.364 e. The fourth-order valence-electron chi connectivity index (χ4n) is 1.57. The average molecular weight is 189 g/mol. The summed E-state index contributed by atoms with van der Waals surface area (Å²) in [7, 11) is 0. The van der Waals surface area contributed by atoms with Crippen LogP contribution in [0.2, 0.25) is 0 Å². The summed E-state index contributed by atoms with van der Waals surface area (Å²) < 4.78 is 0. The maximum Gasteiger partial charge on any atom is 0.264 e. The average Bonchev–Trinajstić information content (AvgIpc) is 2.59. The van der Waals surface area contributed by atoms with E-state index in [9.17, 15) is 4.79 Å². The zero-order valence-electron chi connectivity index (χ0n) is 7.73. The number of hydrogen-bond donors (Lipinski definition) is 1. The molecule has 0 aliphatic carbocycles. The minimum atomic E-state index is -0.467. The van der Waals surface area contributed by atoms with Crippen LogP contribution in [0.3, 0.4) is 0 Å². The van der Waals surface area contributed by atoms with Gasteiger partial charge in [0.25, 0.3) is 5.91 Å². The second-order valence-electron chi connectivity index (χ2n) is 3.31. The van der Waals surface area contributed by atoms with Gasteiger partial charge in [0.2, 0.25) is 0 Å². The Bertz CT molecular complexity index is 375. The minimum Gasteiger partial charge on any atom is -0.364 e. The summed E-state index contributed by atoms with van der Waals surface area (Å²) in [4.78, 5) is 16.8. The fourth-order valence-corrected chi connectivity index (χ4v) is 1.57. The number of primary amides is 1. The molecule has 14 heavy (non-hydrogen) atoms. The van der Waals surface area contributed by atoms with Gasteiger partial charge in [0, 0.05) is 25.5 Å². The van der Waals surface area contributed by atoms with Crippen molar-refractivity contribution in [2.45, 2.75) is 13.1 Å². The van der Waals surface area contributed by atoms with E-state index in [1.807, 2.05) is 17.2 Å². The standard InChI is InChI=1S/C10H11N3O/c1-7(10(11)14)13-5-8-2-3-12-4-9(8)6-13/h2-4H,1,5-6H2,(H2,11,14). The molecule has 1 aliphatic heterocycles. The molecule has 0 atom stereocenters. The fraction of sp³-hybridized carbons (Fsp3) is 0.200. The van der Waals surface area contributed by atoms with Crippen LogP contribution in [0, 0.1) is 0 Å². The van der Waals surface area contributed by atoms with Gasteiger partial charge in [-0.1, -0.05) is 6.58 Å². The maximum absolute atomic E-state index is 10.9. The normalized spacial score (nSPS) is 13.9. The van der Waals surface area contributed by atoms with E-state index in [-0.39, 0.29) is 0 Å². The van der Waals surface area contributed by atoms with E-state index in [0.717, 1.165) is 5.56 Å². The van der Waals surface area contributed by atoms with Crippen molar-refractivity contribution in [3.8, 4) is 0 Å². The van der Waals surface area contributed by atoms with Crippen LogP contribution in [0.5, 0.6) is 0 Å². The molecular weight excluding hydrogens is 178 g/mol. The number of nitrogens with zero attached hydrogens (tertiary/aromatic N) is 2. The molecule has 0 saturated heterocycles. The third kappa shape index (κ3) is 1.35. The Labute approximate surface area is 82.0 Å². The van der Waals surface area contributed by atoms with Gasteiger partial charge in [-0.3, -0.25) is 9.78 Å². The monoisotopic (exact) mass is 189 g/mol. The number of carbonyl (C=O) groups excluding carboxylic acids is 1. The summed E-state index contributed by atoms with van der Waals surface area (Å²) in [5.74, 6) is -0.467. The SMILES string of the molecule is C=C(C(N)=O)N1Cc2ccncc2C1. The Hall–Kier alpha value is -1.84. The summed E-state index contributed by atoms with van der Waals surface area (Å²) in [5.41, 5.74) is 7.83. The first-order valence-corrected chi connectivity index (χ1v) is 4.34. The van der Waals surface area contributed by atoms with Gasteiger partial charge in [-0.15, -0.1) is 0 Å². The minimum absolute atomic E-state index is 0.362. The molecule has 0 aromatic carbocycles. The Morgan fingerprint density at radius 1 is 1.50 bits per heavy atom. The Morgan fingerprint density at radius 3 is 2.86 bits per heavy atom. The molecule has 0 unspecified atom stereocenters. The number of amides is 1. The van der Waals surface area contributed by atoms with Crippen LogP contribution in [-0.2, 0) is 17.9 Å². The second-order valence-corrected chi connectivity index (χ2v) is 3.31. The number of carbonyl (C=O) groups is 1. The topological polar surface area (TPSA) is 59.2 Å². The smallest absolute Gasteiger partial charge is 0.264 e. The predicted molar refractivity (Wildman–Crippen MR) is 51.8 cm³/mol. The van der Waals surface area contributed by atoms with Gasteiger partial charge in [-0.25, -0.2) is 0 Å². The van der Waals surface area contributed by atoms with Crippen molar-refractivity contribution in [3.63, 3.8) is 0 Å². The summed E-state index contributed by atoms with van der Waals surface area (Å²) in [5, 5.41) is 0. The van der Waals surface area contributed by atoms with Crippen LogP contribution in [0.15, 0.2) is 30.7 Å². The zero-order chi connectivity index (χ0) is 10.1. The molecule has 1 aliphatic rings. The summed E-state index contributed by atoms with van der Waals surface area (Å²) in [6.07, 6.45) is 3.55. The Kier molecular flexibility index (Phi) is 1.96. The van der Waals surface area contributed by atoms with Gasteiger partial charge in [0.1, 0.15) is 0 Å². The van der Waals surface area contributed by atoms with Crippen LogP contribution in [0.4, 0.5) is 0 Å². The third-order valence-corrected chi connectivity index (χ3v) is 2.39. The van der Waals surface area contributed by atoms with E-state index in [1.54, 1.807) is 6.20 Å². The van der Waals surface area contributed by atoms with Crippen molar-refractivity contribution >= 4 is 5.91 Å². The van der Waals surface area contributed by atoms with Crippen LogP contribution < -0.4 is 5.73 Å². The number of fused-ring (bicyclic) bond motifs is 1. The quantitative estimate of drug-likeness (QED) is 0.685. The summed E-state index contributed by atoms with van der Waals surface area (Å²) in [6, 6.07) is 1.95. The third-order valence-electron chi connectivity index (χ3n) is 2.39. The lowest BCUT2D eigenvalue weighted by Crippen LogP contribution is -2.26. The molecule has 1 aromatic heterocycles. The highest BCUT2D eigenvalue weighted by Gasteiger charge is 2.21. The summed E-state index contributed by atoms with van der Waals surface area (Å²) >= 11 is 0. The van der Waals surface area contributed by atoms with Gasteiger partial charge in [-0.05, 0) is 17.2 Å². The van der Waals surface area contributed by atoms with Gasteiger partial charge >= 0.3 is 0 Å². The summed E-state index contributed by atoms with van der Waals surface area (Å²) in [6.45, 7) is 5.02. The van der Waals surface area contributed by atoms with E-state index in [0.29, 0.717) is 18.8 Å². The number of hydrogen-bond acceptors (Lipinski definition) is 3. The molecule has 2 heterocycles. The highest BCUT2D eigenvalue weighted by atomic mass is 16.1. The first-order valence-electron chi connectivity index (χ1n) is 4.34. The molecule has 0 radical (unpaired) electrons. The molecule has 0 fully saturated rings. The lowest BCUT2D eigenvalue weighted by Gasteiger charge is -2.16. The Balaban J connectivity index is 2.20. The lowest BCUT2D eigenvalue weighted by atomic mass is 10.2. The highest BCUT2D eigenvalue weighted by Crippen LogP contribution is 2.23. The number of nitrogens with two attached hydrogens (primary N) is 1. The molecule has 0 saturated carbocycles. The van der Waals surface area contributed by atoms with Crippen molar-refractivity contribution < 1.29 is 4.79 Å². The van der Waals surface area contributed by atoms with Crippen molar-refractivity contribution in [2.24, 2.45) is 5.73 Å². The van der Waals surface area contributed by atoms with Crippen molar-refractivity contribution in [1.29, 1.82) is 0 Å². The highest BCUT2D eigenvalue weighted by molar-refractivity contribution is 5.90. The van der Waals surface area contributed by atoms with E-state index in [2.05, 4.69) is 11.6 Å². The Morgan fingerprint density at radius 2 is 2.21 bits per heavy atom. The molecule has 0 spiro atoms. The van der Waals surface area contributed by atoms with Gasteiger partial charge in [0.15, 0.2) is 0 Å². The van der Waals surface area contributed by atoms with E-state index in [4.69, 9.17) is 5.73 Å². The van der Waals surface area contributed by atoms with Crippen LogP contribution >= 0.6 is 0 Å². The number of aromatic nitrogens is 1. The van der Waals surface area contributed by atoms with E-state index >= 15 is 0 Å². The van der Waals surface area contributed by atoms with Crippen LogP contribution in [0.1, 0.15) is 11.1 Å². The van der Waals surface area contributed by atoms with Crippen molar-refractivity contribution in [3.05, 3.63) is 41.9 Å². The maximum atomic E-state index is 10.9. The van der Waals surface area contributed by atoms with Crippen LogP contribution in [0.25, 0.3) is 0 Å². The number of rotatable bonds is 2. The van der Waals surface area contributed by atoms with Crippen molar-refractivity contribution in [1.82, 2.24) is 9.88 Å². The first-order chi connectivity index (χ1) is 6.68. The molecule has 4 nitrogen and oxygen atoms in total. The number of pyridine rings is 1. The van der Waals surface area contributed by atoms with Gasteiger partial charge in [0.05, 0.1) is 5.70 Å². The molecule has 4 heteroatoms. The van der Waals surface area contributed by atoms with Crippen molar-refractivity contribution in [2.75, 3.05) is 0 Å². The molecule has 72 valence electrons. The predicted octanol–water partition coefficient (Wildman–Crippen LogP) is 0.396. The van der Waals surface area contributed by atoms with Crippen LogP contribution in [-0.4, -0.2) is 15.8 Å². The van der Waals surface area contributed by atoms with Gasteiger partial charge < -0.3 is 10.6 Å².